The van der Waals surface area contributed by atoms with E-state index in [4.69, 9.17) is 14.0 Å². The molecular weight excluding hydrogens is 316 g/mol. The van der Waals surface area contributed by atoms with E-state index in [0.29, 0.717) is 18.6 Å². The van der Waals surface area contributed by atoms with Crippen molar-refractivity contribution in [2.24, 2.45) is 0 Å². The average Bonchev–Trinajstić information content (AvgIpc) is 3.25. The monoisotopic (exact) mass is 344 g/mol. The Hall–Kier alpha value is -2.01. The van der Waals surface area contributed by atoms with Crippen LogP contribution in [0.1, 0.15) is 62.6 Å². The van der Waals surface area contributed by atoms with Gasteiger partial charge in [0.1, 0.15) is 0 Å². The fourth-order valence-corrected chi connectivity index (χ4v) is 3.39. The van der Waals surface area contributed by atoms with Crippen molar-refractivity contribution in [1.82, 2.24) is 10.1 Å². The number of methoxy groups -OCH3 is 1. The Kier molecular flexibility index (Phi) is 5.63. The number of benzene rings is 1. The first-order valence-electron chi connectivity index (χ1n) is 9.12. The predicted octanol–water partition coefficient (Wildman–Crippen LogP) is 4.54. The molecule has 1 saturated heterocycles. The van der Waals surface area contributed by atoms with Crippen LogP contribution in [0.25, 0.3) is 0 Å². The number of nitrogens with zero attached hydrogens (tertiary/aromatic N) is 2. The van der Waals surface area contributed by atoms with Gasteiger partial charge in [0, 0.05) is 12.6 Å². The molecule has 5 nitrogen and oxygen atoms in total. The molecule has 5 heteroatoms. The minimum atomic E-state index is 0.303. The second-order valence-electron chi connectivity index (χ2n) is 6.86. The first-order chi connectivity index (χ1) is 12.1. The highest BCUT2D eigenvalue weighted by Gasteiger charge is 2.29. The lowest BCUT2D eigenvalue weighted by Gasteiger charge is -2.22. The number of ether oxygens (including phenoxy) is 2. The number of rotatable bonds is 7. The summed E-state index contributed by atoms with van der Waals surface area (Å²) in [6.07, 6.45) is 2.29. The Morgan fingerprint density at radius 2 is 2.12 bits per heavy atom. The van der Waals surface area contributed by atoms with Crippen molar-refractivity contribution in [3.05, 3.63) is 41.3 Å². The molecular formula is C20H28N2O3. The van der Waals surface area contributed by atoms with Crippen LogP contribution in [-0.2, 0) is 6.54 Å². The third-order valence-electron chi connectivity index (χ3n) is 4.74. The normalized spacial score (nSPS) is 18.0. The molecule has 0 N–H and O–H groups in total. The largest absolute Gasteiger partial charge is 0.493 e. The van der Waals surface area contributed by atoms with Crippen molar-refractivity contribution in [2.45, 2.75) is 52.1 Å². The SMILES string of the molecule is CCOc1ccc(CN2CCCC2c2cc(C(C)C)no2)cc1OC. The Balaban J connectivity index is 1.74. The Labute approximate surface area is 149 Å². The highest BCUT2D eigenvalue weighted by Crippen LogP contribution is 2.35. The van der Waals surface area contributed by atoms with Crippen LogP contribution in [0.5, 0.6) is 11.5 Å². The quantitative estimate of drug-likeness (QED) is 0.738. The van der Waals surface area contributed by atoms with Crippen molar-refractivity contribution in [3.63, 3.8) is 0 Å². The lowest BCUT2D eigenvalue weighted by Crippen LogP contribution is -2.22. The van der Waals surface area contributed by atoms with Crippen molar-refractivity contribution < 1.29 is 14.0 Å². The van der Waals surface area contributed by atoms with Gasteiger partial charge in [0.2, 0.25) is 0 Å². The second-order valence-corrected chi connectivity index (χ2v) is 6.86. The van der Waals surface area contributed by atoms with E-state index in [1.807, 2.05) is 13.0 Å². The van der Waals surface area contributed by atoms with E-state index in [9.17, 15) is 0 Å². The predicted molar refractivity (Wildman–Crippen MR) is 97.1 cm³/mol. The summed E-state index contributed by atoms with van der Waals surface area (Å²) in [5.41, 5.74) is 2.25. The van der Waals surface area contributed by atoms with E-state index < -0.39 is 0 Å². The zero-order chi connectivity index (χ0) is 17.8. The zero-order valence-corrected chi connectivity index (χ0v) is 15.6. The molecule has 1 aromatic heterocycles. The molecule has 1 atom stereocenters. The van der Waals surface area contributed by atoms with E-state index in [0.717, 1.165) is 42.5 Å². The molecule has 0 bridgehead atoms. The fourth-order valence-electron chi connectivity index (χ4n) is 3.39. The van der Waals surface area contributed by atoms with Gasteiger partial charge in [0.15, 0.2) is 17.3 Å². The lowest BCUT2D eigenvalue weighted by molar-refractivity contribution is 0.206. The lowest BCUT2D eigenvalue weighted by atomic mass is 10.1. The maximum atomic E-state index is 5.64. The zero-order valence-electron chi connectivity index (χ0n) is 15.6. The highest BCUT2D eigenvalue weighted by molar-refractivity contribution is 5.43. The van der Waals surface area contributed by atoms with Crippen LogP contribution in [0.4, 0.5) is 0 Å². The van der Waals surface area contributed by atoms with Crippen molar-refractivity contribution in [2.75, 3.05) is 20.3 Å². The number of hydrogen-bond acceptors (Lipinski definition) is 5. The van der Waals surface area contributed by atoms with E-state index in [2.05, 4.69) is 42.1 Å². The number of likely N-dealkylation sites (tertiary alicyclic amines) is 1. The van der Waals surface area contributed by atoms with Gasteiger partial charge in [-0.3, -0.25) is 4.90 Å². The van der Waals surface area contributed by atoms with Crippen molar-refractivity contribution in [3.8, 4) is 11.5 Å². The summed E-state index contributed by atoms with van der Waals surface area (Å²) in [7, 11) is 1.68. The molecule has 0 radical (unpaired) electrons. The van der Waals surface area contributed by atoms with Crippen LogP contribution in [0.2, 0.25) is 0 Å². The van der Waals surface area contributed by atoms with Gasteiger partial charge in [-0.1, -0.05) is 25.1 Å². The topological polar surface area (TPSA) is 47.7 Å². The van der Waals surface area contributed by atoms with E-state index in [1.54, 1.807) is 7.11 Å². The maximum absolute atomic E-state index is 5.64. The van der Waals surface area contributed by atoms with Gasteiger partial charge in [0.25, 0.3) is 0 Å². The first-order valence-corrected chi connectivity index (χ1v) is 9.12. The van der Waals surface area contributed by atoms with Crippen LogP contribution in [0, 0.1) is 0 Å². The molecule has 1 fully saturated rings. The van der Waals surface area contributed by atoms with Gasteiger partial charge in [-0.05, 0) is 49.9 Å². The molecule has 2 heterocycles. The van der Waals surface area contributed by atoms with Crippen LogP contribution >= 0.6 is 0 Å². The number of hydrogen-bond donors (Lipinski definition) is 0. The van der Waals surface area contributed by atoms with Crippen molar-refractivity contribution >= 4 is 0 Å². The van der Waals surface area contributed by atoms with E-state index in [-0.39, 0.29) is 0 Å². The van der Waals surface area contributed by atoms with Gasteiger partial charge in [-0.25, -0.2) is 0 Å². The van der Waals surface area contributed by atoms with E-state index >= 15 is 0 Å². The highest BCUT2D eigenvalue weighted by atomic mass is 16.5. The molecule has 0 saturated carbocycles. The Morgan fingerprint density at radius 3 is 2.80 bits per heavy atom. The summed E-state index contributed by atoms with van der Waals surface area (Å²) in [6.45, 7) is 8.82. The average molecular weight is 344 g/mol. The summed E-state index contributed by atoms with van der Waals surface area (Å²) in [6, 6.07) is 8.60. The summed E-state index contributed by atoms with van der Waals surface area (Å²) in [4.78, 5) is 2.46. The van der Waals surface area contributed by atoms with Gasteiger partial charge < -0.3 is 14.0 Å². The fraction of sp³-hybridized carbons (Fsp3) is 0.550. The molecule has 3 rings (SSSR count). The van der Waals surface area contributed by atoms with Crippen molar-refractivity contribution in [1.29, 1.82) is 0 Å². The third-order valence-corrected chi connectivity index (χ3v) is 4.74. The molecule has 1 unspecified atom stereocenters. The summed E-state index contributed by atoms with van der Waals surface area (Å²) in [5.74, 6) is 2.96. The molecule has 1 aromatic carbocycles. The molecule has 0 aliphatic carbocycles. The van der Waals surface area contributed by atoms with Crippen LogP contribution in [0.15, 0.2) is 28.8 Å². The van der Waals surface area contributed by atoms with Crippen LogP contribution in [-0.4, -0.2) is 30.3 Å². The summed E-state index contributed by atoms with van der Waals surface area (Å²) < 4.78 is 16.7. The smallest absolute Gasteiger partial charge is 0.161 e. The molecule has 1 aliphatic rings. The van der Waals surface area contributed by atoms with E-state index in [1.165, 1.54) is 12.0 Å². The van der Waals surface area contributed by atoms with Crippen LogP contribution in [0.3, 0.4) is 0 Å². The molecule has 1 aliphatic heterocycles. The standard InChI is InChI=1S/C20H28N2O3/c1-5-24-18-9-8-15(11-20(18)23-4)13-22-10-6-7-17(22)19-12-16(14(2)3)21-25-19/h8-9,11-12,14,17H,5-7,10,13H2,1-4H3. The second kappa shape index (κ2) is 7.91. The van der Waals surface area contributed by atoms with Gasteiger partial charge >= 0.3 is 0 Å². The first kappa shape index (κ1) is 17.8. The minimum Gasteiger partial charge on any atom is -0.493 e. The molecule has 0 amide bonds. The molecule has 136 valence electrons. The Bertz CT molecular complexity index is 696. The van der Waals surface area contributed by atoms with Gasteiger partial charge in [0.05, 0.1) is 25.5 Å². The number of aromatic nitrogens is 1. The van der Waals surface area contributed by atoms with Crippen LogP contribution < -0.4 is 9.47 Å². The summed E-state index contributed by atoms with van der Waals surface area (Å²) >= 11 is 0. The van der Waals surface area contributed by atoms with Gasteiger partial charge in [-0.15, -0.1) is 0 Å². The minimum absolute atomic E-state index is 0.303. The molecule has 2 aromatic rings. The molecule has 0 spiro atoms. The van der Waals surface area contributed by atoms with Gasteiger partial charge in [-0.2, -0.15) is 0 Å². The summed E-state index contributed by atoms with van der Waals surface area (Å²) in [5, 5.41) is 4.22. The maximum Gasteiger partial charge on any atom is 0.161 e. The Morgan fingerprint density at radius 1 is 1.28 bits per heavy atom. The third kappa shape index (κ3) is 3.98. The molecule has 25 heavy (non-hydrogen) atoms.